The lowest BCUT2D eigenvalue weighted by Crippen LogP contribution is -2.43. The molecule has 0 bridgehead atoms. The Morgan fingerprint density at radius 2 is 1.50 bits per heavy atom. The van der Waals surface area contributed by atoms with Gasteiger partial charge in [0.05, 0.1) is 21.3 Å². The van der Waals surface area contributed by atoms with E-state index in [1.807, 2.05) is 0 Å². The Morgan fingerprint density at radius 1 is 0.929 bits per heavy atom. The fourth-order valence-electron chi connectivity index (χ4n) is 2.07. The summed E-state index contributed by atoms with van der Waals surface area (Å²) < 4.78 is 20.6. The van der Waals surface area contributed by atoms with E-state index in [1.165, 1.54) is 33.5 Å². The second kappa shape index (κ2) is 10.2. The van der Waals surface area contributed by atoms with Crippen molar-refractivity contribution in [2.75, 3.05) is 27.9 Å². The van der Waals surface area contributed by atoms with Gasteiger partial charge in [-0.3, -0.25) is 20.4 Å². The summed E-state index contributed by atoms with van der Waals surface area (Å²) in [4.78, 5) is 35.6. The normalized spacial score (nSPS) is 10.5. The van der Waals surface area contributed by atoms with E-state index in [0.29, 0.717) is 17.2 Å². The first-order valence-electron chi connectivity index (χ1n) is 8.47. The van der Waals surface area contributed by atoms with Gasteiger partial charge in [-0.25, -0.2) is 4.79 Å². The van der Waals surface area contributed by atoms with Crippen LogP contribution in [0.25, 0.3) is 0 Å². The summed E-state index contributed by atoms with van der Waals surface area (Å²) in [5.74, 6) is -0.108. The van der Waals surface area contributed by atoms with Crippen LogP contribution in [0.3, 0.4) is 0 Å². The van der Waals surface area contributed by atoms with Gasteiger partial charge in [0, 0.05) is 18.5 Å². The number of hydrazine groups is 1. The van der Waals surface area contributed by atoms with Gasteiger partial charge in [0.1, 0.15) is 5.60 Å². The summed E-state index contributed by atoms with van der Waals surface area (Å²) in [7, 11) is 4.31. The van der Waals surface area contributed by atoms with Crippen molar-refractivity contribution in [2.45, 2.75) is 32.8 Å². The topological polar surface area (TPSA) is 124 Å². The number of hydrogen-bond acceptors (Lipinski definition) is 7. The molecule has 156 valence electrons. The molecule has 0 radical (unpaired) electrons. The molecule has 1 aromatic rings. The van der Waals surface area contributed by atoms with Crippen molar-refractivity contribution in [1.29, 1.82) is 0 Å². The summed E-state index contributed by atoms with van der Waals surface area (Å²) in [6.07, 6.45) is -0.670. The molecular formula is C18H27N3O7. The molecule has 1 aromatic carbocycles. The Labute approximate surface area is 163 Å². The number of alkyl carbamates (subject to hydrolysis) is 1. The fraction of sp³-hybridized carbons (Fsp3) is 0.500. The molecule has 0 saturated heterocycles. The lowest BCUT2D eigenvalue weighted by Gasteiger charge is -2.19. The third kappa shape index (κ3) is 7.22. The van der Waals surface area contributed by atoms with Crippen LogP contribution in [0.4, 0.5) is 4.79 Å². The van der Waals surface area contributed by atoms with E-state index < -0.39 is 23.5 Å². The predicted molar refractivity (Wildman–Crippen MR) is 101 cm³/mol. The molecule has 0 unspecified atom stereocenters. The molecule has 10 heteroatoms. The number of nitrogens with one attached hydrogen (secondary N) is 3. The highest BCUT2D eigenvalue weighted by atomic mass is 16.6. The monoisotopic (exact) mass is 397 g/mol. The SMILES string of the molecule is COc1cc(C(=O)NNC(=O)CCNC(=O)OC(C)(C)C)cc(OC)c1OC. The maximum atomic E-state index is 12.3. The Hall–Kier alpha value is -3.17. The largest absolute Gasteiger partial charge is 0.493 e. The van der Waals surface area contributed by atoms with Gasteiger partial charge < -0.3 is 24.3 Å². The zero-order chi connectivity index (χ0) is 21.3. The molecule has 0 aromatic heterocycles. The first-order chi connectivity index (χ1) is 13.1. The van der Waals surface area contributed by atoms with Crippen molar-refractivity contribution in [3.63, 3.8) is 0 Å². The molecule has 0 saturated carbocycles. The Kier molecular flexibility index (Phi) is 8.36. The number of ether oxygens (including phenoxy) is 4. The fourth-order valence-corrected chi connectivity index (χ4v) is 2.07. The van der Waals surface area contributed by atoms with Gasteiger partial charge in [0.2, 0.25) is 11.7 Å². The van der Waals surface area contributed by atoms with E-state index >= 15 is 0 Å². The van der Waals surface area contributed by atoms with Crippen molar-refractivity contribution in [3.8, 4) is 17.2 Å². The van der Waals surface area contributed by atoms with Gasteiger partial charge in [0.15, 0.2) is 11.5 Å². The van der Waals surface area contributed by atoms with Crippen LogP contribution in [0.15, 0.2) is 12.1 Å². The average Bonchev–Trinajstić information content (AvgIpc) is 2.63. The molecule has 1 rings (SSSR count). The second-order valence-electron chi connectivity index (χ2n) is 6.59. The maximum absolute atomic E-state index is 12.3. The van der Waals surface area contributed by atoms with E-state index in [4.69, 9.17) is 18.9 Å². The summed E-state index contributed by atoms with van der Waals surface area (Å²) in [6.45, 7) is 5.26. The number of hydrogen-bond donors (Lipinski definition) is 3. The van der Waals surface area contributed by atoms with Gasteiger partial charge in [-0.15, -0.1) is 0 Å². The molecule has 3 N–H and O–H groups in total. The van der Waals surface area contributed by atoms with Gasteiger partial charge in [0.25, 0.3) is 5.91 Å². The highest BCUT2D eigenvalue weighted by Crippen LogP contribution is 2.38. The molecule has 10 nitrogen and oxygen atoms in total. The molecule has 28 heavy (non-hydrogen) atoms. The zero-order valence-electron chi connectivity index (χ0n) is 16.9. The van der Waals surface area contributed by atoms with Crippen molar-refractivity contribution in [3.05, 3.63) is 17.7 Å². The smallest absolute Gasteiger partial charge is 0.407 e. The van der Waals surface area contributed by atoms with E-state index in [2.05, 4.69) is 16.2 Å². The summed E-state index contributed by atoms with van der Waals surface area (Å²) in [5.41, 5.74) is 4.12. The first kappa shape index (κ1) is 22.9. The van der Waals surface area contributed by atoms with Crippen molar-refractivity contribution in [1.82, 2.24) is 16.2 Å². The molecule has 0 atom stereocenters. The van der Waals surface area contributed by atoms with Crippen LogP contribution in [0.2, 0.25) is 0 Å². The van der Waals surface area contributed by atoms with Gasteiger partial charge in [-0.2, -0.15) is 0 Å². The molecule has 0 spiro atoms. The number of rotatable bonds is 7. The molecule has 0 aliphatic rings. The van der Waals surface area contributed by atoms with E-state index in [0.717, 1.165) is 0 Å². The number of benzene rings is 1. The lowest BCUT2D eigenvalue weighted by molar-refractivity contribution is -0.121. The van der Waals surface area contributed by atoms with E-state index in [9.17, 15) is 14.4 Å². The average molecular weight is 397 g/mol. The molecule has 0 fully saturated rings. The van der Waals surface area contributed by atoms with Crippen LogP contribution in [-0.2, 0) is 9.53 Å². The molecule has 3 amide bonds. The van der Waals surface area contributed by atoms with Crippen LogP contribution >= 0.6 is 0 Å². The van der Waals surface area contributed by atoms with Crippen molar-refractivity contribution < 1.29 is 33.3 Å². The predicted octanol–water partition coefficient (Wildman–Crippen LogP) is 1.39. The van der Waals surface area contributed by atoms with Crippen LogP contribution in [0.5, 0.6) is 17.2 Å². The Morgan fingerprint density at radius 3 is 1.96 bits per heavy atom. The maximum Gasteiger partial charge on any atom is 0.407 e. The molecular weight excluding hydrogens is 370 g/mol. The van der Waals surface area contributed by atoms with Crippen LogP contribution in [-0.4, -0.2) is 51.4 Å². The zero-order valence-corrected chi connectivity index (χ0v) is 16.9. The van der Waals surface area contributed by atoms with Gasteiger partial charge in [-0.05, 0) is 32.9 Å². The van der Waals surface area contributed by atoms with Crippen LogP contribution in [0, 0.1) is 0 Å². The third-order valence-electron chi connectivity index (χ3n) is 3.26. The molecule has 0 aliphatic heterocycles. The van der Waals surface area contributed by atoms with Gasteiger partial charge >= 0.3 is 6.09 Å². The lowest BCUT2D eigenvalue weighted by atomic mass is 10.1. The van der Waals surface area contributed by atoms with Crippen molar-refractivity contribution in [2.24, 2.45) is 0 Å². The third-order valence-corrected chi connectivity index (χ3v) is 3.26. The number of carbonyl (C=O) groups is 3. The van der Waals surface area contributed by atoms with E-state index in [-0.39, 0.29) is 18.5 Å². The van der Waals surface area contributed by atoms with Crippen LogP contribution in [0.1, 0.15) is 37.6 Å². The number of amides is 3. The standard InChI is InChI=1S/C18H27N3O7/c1-18(2,3)28-17(24)19-8-7-14(22)20-21-16(23)11-9-12(25-4)15(27-6)13(10-11)26-5/h9-10H,7-8H2,1-6H3,(H,19,24)(H,20,22)(H,21,23). The van der Waals surface area contributed by atoms with Crippen molar-refractivity contribution >= 4 is 17.9 Å². The van der Waals surface area contributed by atoms with E-state index in [1.54, 1.807) is 20.8 Å². The van der Waals surface area contributed by atoms with Gasteiger partial charge in [-0.1, -0.05) is 0 Å². The minimum Gasteiger partial charge on any atom is -0.493 e. The highest BCUT2D eigenvalue weighted by molar-refractivity contribution is 5.96. The second-order valence-corrected chi connectivity index (χ2v) is 6.59. The number of carbonyl (C=O) groups excluding carboxylic acids is 3. The minimum atomic E-state index is -0.624. The first-order valence-corrected chi connectivity index (χ1v) is 8.47. The van der Waals surface area contributed by atoms with Crippen LogP contribution < -0.4 is 30.4 Å². The summed E-state index contributed by atoms with van der Waals surface area (Å²) >= 11 is 0. The highest BCUT2D eigenvalue weighted by Gasteiger charge is 2.18. The molecule has 0 aliphatic carbocycles. The number of methoxy groups -OCH3 is 3. The Bertz CT molecular complexity index is 689. The Balaban J connectivity index is 2.56. The quantitative estimate of drug-likeness (QED) is 0.594. The minimum absolute atomic E-state index is 0.0468. The summed E-state index contributed by atoms with van der Waals surface area (Å²) in [6, 6.07) is 2.90. The summed E-state index contributed by atoms with van der Waals surface area (Å²) in [5, 5.41) is 2.45. The molecule has 0 heterocycles.